The number of ether oxygens (including phenoxy) is 1. The third kappa shape index (κ3) is 3.85. The number of nitrogens with one attached hydrogen (secondary N) is 1. The summed E-state index contributed by atoms with van der Waals surface area (Å²) >= 11 is 0. The van der Waals surface area contributed by atoms with Crippen LogP contribution in [0.4, 0.5) is 0 Å². The summed E-state index contributed by atoms with van der Waals surface area (Å²) in [6, 6.07) is 2.08. The van der Waals surface area contributed by atoms with Crippen molar-refractivity contribution in [1.29, 1.82) is 0 Å². The smallest absolute Gasteiger partial charge is 0.129 e. The van der Waals surface area contributed by atoms with Gasteiger partial charge in [0.1, 0.15) is 12.4 Å². The van der Waals surface area contributed by atoms with Gasteiger partial charge >= 0.3 is 0 Å². The Bertz CT molecular complexity index is 348. The van der Waals surface area contributed by atoms with Crippen LogP contribution < -0.4 is 5.32 Å². The highest BCUT2D eigenvalue weighted by Crippen LogP contribution is 2.29. The third-order valence-corrected chi connectivity index (χ3v) is 3.86. The first-order valence-corrected chi connectivity index (χ1v) is 7.14. The van der Waals surface area contributed by atoms with Crippen molar-refractivity contribution >= 4 is 0 Å². The van der Waals surface area contributed by atoms with Gasteiger partial charge in [-0.15, -0.1) is 0 Å². The predicted octanol–water partition coefficient (Wildman–Crippen LogP) is 3.48. The molecule has 0 aliphatic heterocycles. The zero-order valence-corrected chi connectivity index (χ0v) is 11.6. The molecule has 0 radical (unpaired) electrons. The summed E-state index contributed by atoms with van der Waals surface area (Å²) in [5, 5.41) is 3.12. The van der Waals surface area contributed by atoms with Crippen molar-refractivity contribution in [1.82, 2.24) is 5.32 Å². The van der Waals surface area contributed by atoms with E-state index >= 15 is 0 Å². The van der Waals surface area contributed by atoms with Crippen LogP contribution >= 0.6 is 0 Å². The van der Waals surface area contributed by atoms with Gasteiger partial charge in [0.25, 0.3) is 0 Å². The molecule has 1 saturated carbocycles. The quantitative estimate of drug-likeness (QED) is 0.840. The fourth-order valence-electron chi connectivity index (χ4n) is 2.76. The molecule has 1 N–H and O–H groups in total. The van der Waals surface area contributed by atoms with E-state index < -0.39 is 0 Å². The van der Waals surface area contributed by atoms with Gasteiger partial charge in [-0.05, 0) is 31.9 Å². The van der Waals surface area contributed by atoms with Gasteiger partial charge in [-0.2, -0.15) is 0 Å². The van der Waals surface area contributed by atoms with Crippen molar-refractivity contribution in [3.05, 3.63) is 23.7 Å². The van der Waals surface area contributed by atoms with Gasteiger partial charge in [-0.1, -0.05) is 26.2 Å². The molecule has 1 aliphatic rings. The van der Waals surface area contributed by atoms with E-state index in [2.05, 4.69) is 18.3 Å². The van der Waals surface area contributed by atoms with Crippen molar-refractivity contribution in [2.45, 2.75) is 58.3 Å². The molecule has 0 bridgehead atoms. The number of hydrogen-bond acceptors (Lipinski definition) is 3. The minimum atomic E-state index is 0.432. The Hall–Kier alpha value is -0.800. The lowest BCUT2D eigenvalue weighted by molar-refractivity contribution is -0.00533. The van der Waals surface area contributed by atoms with Crippen LogP contribution in [-0.4, -0.2) is 13.2 Å². The molecular weight excluding hydrogens is 226 g/mol. The van der Waals surface area contributed by atoms with Crippen molar-refractivity contribution in [2.24, 2.45) is 5.92 Å². The van der Waals surface area contributed by atoms with Crippen LogP contribution in [0, 0.1) is 5.92 Å². The molecule has 1 aliphatic carbocycles. The molecule has 0 aromatic carbocycles. The lowest BCUT2D eigenvalue weighted by Crippen LogP contribution is -2.22. The monoisotopic (exact) mass is 251 g/mol. The Morgan fingerprint density at radius 2 is 2.33 bits per heavy atom. The number of hydrogen-bond donors (Lipinski definition) is 1. The maximum Gasteiger partial charge on any atom is 0.129 e. The van der Waals surface area contributed by atoms with Gasteiger partial charge in [-0.3, -0.25) is 0 Å². The molecule has 2 atom stereocenters. The molecule has 0 saturated heterocycles. The molecule has 2 unspecified atom stereocenters. The van der Waals surface area contributed by atoms with E-state index in [9.17, 15) is 0 Å². The number of furan rings is 1. The standard InChI is InChI=1S/C15H25NO2/c1-3-12-5-4-6-14(7-12)18-11-15-8-13(9-16-2)10-17-15/h8,10,12,14,16H,3-7,9,11H2,1-2H3. The Kier molecular flexibility index (Phi) is 5.26. The Morgan fingerprint density at radius 1 is 1.44 bits per heavy atom. The van der Waals surface area contributed by atoms with Crippen LogP contribution in [0.15, 0.2) is 16.7 Å². The summed E-state index contributed by atoms with van der Waals surface area (Å²) in [6.45, 7) is 3.75. The van der Waals surface area contributed by atoms with Crippen molar-refractivity contribution < 1.29 is 9.15 Å². The largest absolute Gasteiger partial charge is 0.467 e. The minimum Gasteiger partial charge on any atom is -0.467 e. The van der Waals surface area contributed by atoms with Crippen LogP contribution in [0.5, 0.6) is 0 Å². The van der Waals surface area contributed by atoms with E-state index in [-0.39, 0.29) is 0 Å². The maximum absolute atomic E-state index is 5.98. The molecule has 1 heterocycles. The summed E-state index contributed by atoms with van der Waals surface area (Å²) in [6.07, 6.45) is 8.65. The summed E-state index contributed by atoms with van der Waals surface area (Å²) in [7, 11) is 1.94. The fraction of sp³-hybridized carbons (Fsp3) is 0.733. The average molecular weight is 251 g/mol. The van der Waals surface area contributed by atoms with Crippen LogP contribution in [-0.2, 0) is 17.9 Å². The molecule has 1 aromatic rings. The highest BCUT2D eigenvalue weighted by atomic mass is 16.5. The summed E-state index contributed by atoms with van der Waals surface area (Å²) in [4.78, 5) is 0. The van der Waals surface area contributed by atoms with Crippen LogP contribution in [0.1, 0.15) is 50.4 Å². The maximum atomic E-state index is 5.98. The first-order chi connectivity index (χ1) is 8.81. The van der Waals surface area contributed by atoms with E-state index in [4.69, 9.17) is 9.15 Å². The molecule has 102 valence electrons. The van der Waals surface area contributed by atoms with Crippen molar-refractivity contribution in [3.63, 3.8) is 0 Å². The average Bonchev–Trinajstić information content (AvgIpc) is 2.85. The van der Waals surface area contributed by atoms with Gasteiger partial charge in [0.05, 0.1) is 12.4 Å². The number of rotatable bonds is 6. The second-order valence-corrected chi connectivity index (χ2v) is 5.33. The lowest BCUT2D eigenvalue weighted by atomic mass is 9.85. The van der Waals surface area contributed by atoms with Gasteiger partial charge in [0.15, 0.2) is 0 Å². The molecule has 1 fully saturated rings. The fourth-order valence-corrected chi connectivity index (χ4v) is 2.76. The Balaban J connectivity index is 1.76. The first-order valence-electron chi connectivity index (χ1n) is 7.14. The summed E-state index contributed by atoms with van der Waals surface area (Å²) < 4.78 is 11.5. The molecule has 1 aromatic heterocycles. The van der Waals surface area contributed by atoms with E-state index in [0.29, 0.717) is 12.7 Å². The first kappa shape index (κ1) is 13.6. The second-order valence-electron chi connectivity index (χ2n) is 5.33. The van der Waals surface area contributed by atoms with Crippen LogP contribution in [0.3, 0.4) is 0 Å². The molecule has 0 amide bonds. The highest BCUT2D eigenvalue weighted by Gasteiger charge is 2.21. The van der Waals surface area contributed by atoms with Crippen molar-refractivity contribution in [3.8, 4) is 0 Å². The van der Waals surface area contributed by atoms with Crippen LogP contribution in [0.2, 0.25) is 0 Å². The van der Waals surface area contributed by atoms with E-state index in [1.807, 2.05) is 13.3 Å². The Morgan fingerprint density at radius 3 is 3.11 bits per heavy atom. The summed E-state index contributed by atoms with van der Waals surface area (Å²) in [5.41, 5.74) is 1.19. The predicted molar refractivity (Wildman–Crippen MR) is 72.3 cm³/mol. The van der Waals surface area contributed by atoms with E-state index in [0.717, 1.165) is 18.2 Å². The molecule has 3 heteroatoms. The zero-order valence-electron chi connectivity index (χ0n) is 11.6. The van der Waals surface area contributed by atoms with Gasteiger partial charge in [0.2, 0.25) is 0 Å². The van der Waals surface area contributed by atoms with Gasteiger partial charge in [0, 0.05) is 12.1 Å². The third-order valence-electron chi connectivity index (χ3n) is 3.86. The van der Waals surface area contributed by atoms with Gasteiger partial charge < -0.3 is 14.5 Å². The zero-order chi connectivity index (χ0) is 12.8. The lowest BCUT2D eigenvalue weighted by Gasteiger charge is -2.28. The van der Waals surface area contributed by atoms with Crippen molar-refractivity contribution in [2.75, 3.05) is 7.05 Å². The van der Waals surface area contributed by atoms with E-state index in [1.54, 1.807) is 0 Å². The SMILES string of the molecule is CCC1CCCC(OCc2cc(CNC)co2)C1. The molecular formula is C15H25NO2. The minimum absolute atomic E-state index is 0.432. The summed E-state index contributed by atoms with van der Waals surface area (Å²) in [5.74, 6) is 1.80. The second kappa shape index (κ2) is 6.95. The Labute approximate surface area is 110 Å². The molecule has 18 heavy (non-hydrogen) atoms. The van der Waals surface area contributed by atoms with Gasteiger partial charge in [-0.25, -0.2) is 0 Å². The molecule has 3 nitrogen and oxygen atoms in total. The topological polar surface area (TPSA) is 34.4 Å². The van der Waals surface area contributed by atoms with E-state index in [1.165, 1.54) is 37.7 Å². The van der Waals surface area contributed by atoms with Crippen LogP contribution in [0.25, 0.3) is 0 Å². The highest BCUT2D eigenvalue weighted by molar-refractivity contribution is 5.11. The normalized spacial score (nSPS) is 24.3. The molecule has 2 rings (SSSR count). The molecule has 0 spiro atoms.